The quantitative estimate of drug-likeness (QED) is 0.660. The standard InChI is InChI=1S/C12H20N4O3/c1-3-10-11(16(17)18)12(15(2)14-10)19-9-6-4-5-8(13)7-9/h8-9H,3-7,13H2,1-2H3. The highest BCUT2D eigenvalue weighted by molar-refractivity contribution is 5.46. The van der Waals surface area contributed by atoms with Crippen LogP contribution in [-0.4, -0.2) is 26.8 Å². The fraction of sp³-hybridized carbons (Fsp3) is 0.750. The summed E-state index contributed by atoms with van der Waals surface area (Å²) in [6.45, 7) is 1.84. The Hall–Kier alpha value is -1.63. The number of hydrogen-bond donors (Lipinski definition) is 1. The lowest BCUT2D eigenvalue weighted by Gasteiger charge is -2.26. The smallest absolute Gasteiger partial charge is 0.353 e. The molecule has 106 valence electrons. The van der Waals surface area contributed by atoms with Gasteiger partial charge < -0.3 is 10.5 Å². The van der Waals surface area contributed by atoms with Gasteiger partial charge in [0, 0.05) is 13.1 Å². The van der Waals surface area contributed by atoms with Crippen LogP contribution in [0.15, 0.2) is 0 Å². The largest absolute Gasteiger partial charge is 0.470 e. The topological polar surface area (TPSA) is 96.2 Å². The average molecular weight is 268 g/mol. The third kappa shape index (κ3) is 2.86. The van der Waals surface area contributed by atoms with E-state index in [1.165, 1.54) is 4.68 Å². The molecule has 1 aliphatic rings. The molecule has 0 saturated heterocycles. The van der Waals surface area contributed by atoms with Crippen LogP contribution in [-0.2, 0) is 13.5 Å². The van der Waals surface area contributed by atoms with Crippen LogP contribution in [0, 0.1) is 10.1 Å². The first-order chi connectivity index (χ1) is 9.02. The number of nitrogens with two attached hydrogens (primary N) is 1. The van der Waals surface area contributed by atoms with Crippen molar-refractivity contribution in [3.63, 3.8) is 0 Å². The molecule has 1 aromatic heterocycles. The number of nitrogens with zero attached hydrogens (tertiary/aromatic N) is 3. The molecule has 1 aromatic rings. The number of nitro groups is 1. The van der Waals surface area contributed by atoms with Gasteiger partial charge in [0.1, 0.15) is 11.8 Å². The molecule has 19 heavy (non-hydrogen) atoms. The van der Waals surface area contributed by atoms with Crippen LogP contribution >= 0.6 is 0 Å². The van der Waals surface area contributed by atoms with Crippen LogP contribution in [0.4, 0.5) is 5.69 Å². The molecule has 2 rings (SSSR count). The van der Waals surface area contributed by atoms with Gasteiger partial charge in [-0.05, 0) is 32.1 Å². The Morgan fingerprint density at radius 1 is 1.58 bits per heavy atom. The van der Waals surface area contributed by atoms with Gasteiger partial charge in [0.05, 0.1) is 4.92 Å². The highest BCUT2D eigenvalue weighted by Gasteiger charge is 2.30. The summed E-state index contributed by atoms with van der Waals surface area (Å²) >= 11 is 0. The maximum Gasteiger partial charge on any atom is 0.353 e. The van der Waals surface area contributed by atoms with E-state index < -0.39 is 4.92 Å². The molecule has 0 aromatic carbocycles. The van der Waals surface area contributed by atoms with Crippen LogP contribution < -0.4 is 10.5 Å². The van der Waals surface area contributed by atoms with Crippen molar-refractivity contribution >= 4 is 5.69 Å². The molecule has 7 heteroatoms. The fourth-order valence-electron chi connectivity index (χ4n) is 2.55. The summed E-state index contributed by atoms with van der Waals surface area (Å²) in [5.41, 5.74) is 6.36. The summed E-state index contributed by atoms with van der Waals surface area (Å²) in [5.74, 6) is 0.251. The molecule has 2 atom stereocenters. The predicted octanol–water partition coefficient (Wildman–Crippen LogP) is 1.54. The summed E-state index contributed by atoms with van der Waals surface area (Å²) in [5, 5.41) is 15.3. The molecule has 1 saturated carbocycles. The molecule has 7 nitrogen and oxygen atoms in total. The van der Waals surface area contributed by atoms with Gasteiger partial charge in [-0.25, -0.2) is 4.68 Å². The lowest BCUT2D eigenvalue weighted by atomic mass is 9.93. The minimum atomic E-state index is -0.413. The maximum absolute atomic E-state index is 11.2. The van der Waals surface area contributed by atoms with Crippen molar-refractivity contribution in [1.29, 1.82) is 0 Å². The van der Waals surface area contributed by atoms with E-state index in [9.17, 15) is 10.1 Å². The van der Waals surface area contributed by atoms with Gasteiger partial charge in [0.15, 0.2) is 0 Å². The van der Waals surface area contributed by atoms with Gasteiger partial charge in [-0.15, -0.1) is 0 Å². The van der Waals surface area contributed by atoms with Crippen LogP contribution in [0.25, 0.3) is 0 Å². The number of hydrogen-bond acceptors (Lipinski definition) is 5. The Bertz CT molecular complexity index is 472. The molecule has 1 fully saturated rings. The fourth-order valence-corrected chi connectivity index (χ4v) is 2.55. The molecule has 0 spiro atoms. The highest BCUT2D eigenvalue weighted by atomic mass is 16.6. The van der Waals surface area contributed by atoms with E-state index in [-0.39, 0.29) is 23.7 Å². The SMILES string of the molecule is CCc1nn(C)c(OC2CCCC(N)C2)c1[N+](=O)[O-]. The second kappa shape index (κ2) is 5.56. The van der Waals surface area contributed by atoms with Crippen LogP contribution in [0.2, 0.25) is 0 Å². The molecule has 0 aliphatic heterocycles. The second-order valence-electron chi connectivity index (χ2n) is 5.00. The molecule has 2 unspecified atom stereocenters. The minimum Gasteiger partial charge on any atom is -0.470 e. The average Bonchev–Trinajstić information content (AvgIpc) is 2.66. The number of aromatic nitrogens is 2. The molecule has 0 amide bonds. The summed E-state index contributed by atoms with van der Waals surface area (Å²) in [4.78, 5) is 10.8. The Balaban J connectivity index is 2.23. The van der Waals surface area contributed by atoms with Gasteiger partial charge in [-0.1, -0.05) is 6.92 Å². The van der Waals surface area contributed by atoms with E-state index in [0.29, 0.717) is 12.1 Å². The first-order valence-corrected chi connectivity index (χ1v) is 6.65. The van der Waals surface area contributed by atoms with Crippen molar-refractivity contribution < 1.29 is 9.66 Å². The van der Waals surface area contributed by atoms with Gasteiger partial charge in [-0.3, -0.25) is 10.1 Å². The number of rotatable bonds is 4. The van der Waals surface area contributed by atoms with Crippen molar-refractivity contribution in [2.75, 3.05) is 0 Å². The number of aryl methyl sites for hydroxylation is 2. The summed E-state index contributed by atoms with van der Waals surface area (Å²) < 4.78 is 7.27. The Labute approximate surface area is 111 Å². The maximum atomic E-state index is 11.2. The van der Waals surface area contributed by atoms with Crippen LogP contribution in [0.1, 0.15) is 38.3 Å². The van der Waals surface area contributed by atoms with Crippen molar-refractivity contribution in [3.8, 4) is 5.88 Å². The van der Waals surface area contributed by atoms with E-state index in [4.69, 9.17) is 10.5 Å². The molecular weight excluding hydrogens is 248 g/mol. The first-order valence-electron chi connectivity index (χ1n) is 6.65. The zero-order chi connectivity index (χ0) is 14.0. The minimum absolute atomic E-state index is 0.0101. The number of ether oxygens (including phenoxy) is 1. The normalized spacial score (nSPS) is 23.3. The third-order valence-electron chi connectivity index (χ3n) is 3.50. The summed E-state index contributed by atoms with van der Waals surface area (Å²) in [6, 6.07) is 0.122. The molecule has 1 heterocycles. The van der Waals surface area contributed by atoms with E-state index in [1.807, 2.05) is 6.92 Å². The van der Waals surface area contributed by atoms with E-state index in [2.05, 4.69) is 5.10 Å². The molecule has 0 radical (unpaired) electrons. The van der Waals surface area contributed by atoms with Crippen molar-refractivity contribution in [2.45, 2.75) is 51.2 Å². The Morgan fingerprint density at radius 2 is 2.32 bits per heavy atom. The van der Waals surface area contributed by atoms with Crippen molar-refractivity contribution in [1.82, 2.24) is 9.78 Å². The van der Waals surface area contributed by atoms with Crippen molar-refractivity contribution in [2.24, 2.45) is 12.8 Å². The van der Waals surface area contributed by atoms with Gasteiger partial charge in [-0.2, -0.15) is 5.10 Å². The molecule has 2 N–H and O–H groups in total. The van der Waals surface area contributed by atoms with E-state index >= 15 is 0 Å². The zero-order valence-corrected chi connectivity index (χ0v) is 11.3. The monoisotopic (exact) mass is 268 g/mol. The van der Waals surface area contributed by atoms with Crippen LogP contribution in [0.3, 0.4) is 0 Å². The third-order valence-corrected chi connectivity index (χ3v) is 3.50. The predicted molar refractivity (Wildman–Crippen MR) is 70.1 cm³/mol. The first kappa shape index (κ1) is 13.8. The van der Waals surface area contributed by atoms with Gasteiger partial charge in [0.2, 0.25) is 0 Å². The lowest BCUT2D eigenvalue weighted by molar-refractivity contribution is -0.386. The van der Waals surface area contributed by atoms with Gasteiger partial charge >= 0.3 is 5.69 Å². The Kier molecular flexibility index (Phi) is 4.04. The van der Waals surface area contributed by atoms with Crippen molar-refractivity contribution in [3.05, 3.63) is 15.8 Å². The van der Waals surface area contributed by atoms with E-state index in [0.717, 1.165) is 25.7 Å². The van der Waals surface area contributed by atoms with Crippen LogP contribution in [0.5, 0.6) is 5.88 Å². The summed E-state index contributed by atoms with van der Waals surface area (Å²) in [6.07, 6.45) is 4.08. The molecule has 1 aliphatic carbocycles. The lowest BCUT2D eigenvalue weighted by Crippen LogP contribution is -2.34. The highest BCUT2D eigenvalue weighted by Crippen LogP contribution is 2.33. The Morgan fingerprint density at radius 3 is 2.89 bits per heavy atom. The summed E-state index contributed by atoms with van der Waals surface area (Å²) in [7, 11) is 1.67. The second-order valence-corrected chi connectivity index (χ2v) is 5.00. The van der Waals surface area contributed by atoms with Gasteiger partial charge in [0.25, 0.3) is 5.88 Å². The molecular formula is C12H20N4O3. The zero-order valence-electron chi connectivity index (χ0n) is 11.3. The van der Waals surface area contributed by atoms with E-state index in [1.54, 1.807) is 7.05 Å². The molecule has 0 bridgehead atoms.